The Morgan fingerprint density at radius 1 is 1.00 bits per heavy atom. The van der Waals surface area contributed by atoms with Crippen LogP contribution in [0.3, 0.4) is 0 Å². The second-order valence-electron chi connectivity index (χ2n) is 8.66. The molecule has 1 N–H and O–H groups in total. The quantitative estimate of drug-likeness (QED) is 0.714. The Labute approximate surface area is 192 Å². The molecular weight excluding hydrogens is 428 g/mol. The molecule has 2 amide bonds. The van der Waals surface area contributed by atoms with Crippen molar-refractivity contribution in [3.8, 4) is 5.75 Å². The molecule has 176 valence electrons. The van der Waals surface area contributed by atoms with Crippen molar-refractivity contribution < 1.29 is 23.1 Å². The Bertz CT molecular complexity index is 985. The molecule has 8 heteroatoms. The normalized spacial score (nSPS) is 18.2. The third kappa shape index (κ3) is 5.33. The third-order valence-electron chi connectivity index (χ3n) is 6.63. The number of carbonyl (C=O) groups is 2. The van der Waals surface area contributed by atoms with Gasteiger partial charge in [0, 0.05) is 37.9 Å². The number of halogens is 2. The molecule has 33 heavy (non-hydrogen) atoms. The van der Waals surface area contributed by atoms with Crippen molar-refractivity contribution in [1.29, 1.82) is 0 Å². The minimum absolute atomic E-state index is 0.0450. The molecule has 0 spiro atoms. The van der Waals surface area contributed by atoms with E-state index >= 15 is 0 Å². The number of piperazine rings is 1. The first-order valence-electron chi connectivity index (χ1n) is 11.4. The van der Waals surface area contributed by atoms with E-state index in [4.69, 9.17) is 4.74 Å². The zero-order valence-corrected chi connectivity index (χ0v) is 18.7. The molecule has 1 saturated heterocycles. The molecule has 1 heterocycles. The highest BCUT2D eigenvalue weighted by molar-refractivity contribution is 5.96. The molecule has 1 saturated carbocycles. The van der Waals surface area contributed by atoms with Crippen molar-refractivity contribution in [2.45, 2.75) is 31.7 Å². The van der Waals surface area contributed by atoms with Gasteiger partial charge in [0.1, 0.15) is 17.4 Å². The van der Waals surface area contributed by atoms with Crippen molar-refractivity contribution in [2.24, 2.45) is 5.92 Å². The lowest BCUT2D eigenvalue weighted by Gasteiger charge is -2.40. The predicted molar refractivity (Wildman–Crippen MR) is 121 cm³/mol. The summed E-state index contributed by atoms with van der Waals surface area (Å²) in [5, 5.41) is 3.04. The molecule has 2 fully saturated rings. The Morgan fingerprint density at radius 3 is 2.27 bits per heavy atom. The fourth-order valence-corrected chi connectivity index (χ4v) is 4.88. The highest BCUT2D eigenvalue weighted by Crippen LogP contribution is 2.32. The Morgan fingerprint density at radius 2 is 1.67 bits per heavy atom. The van der Waals surface area contributed by atoms with Crippen LogP contribution in [0, 0.1) is 17.6 Å². The number of benzene rings is 2. The molecular formula is C25H29F2N3O3. The summed E-state index contributed by atoms with van der Waals surface area (Å²) in [6, 6.07) is 9.96. The van der Waals surface area contributed by atoms with E-state index in [9.17, 15) is 18.4 Å². The summed E-state index contributed by atoms with van der Waals surface area (Å²) in [5.74, 6) is -1.08. The van der Waals surface area contributed by atoms with E-state index in [0.29, 0.717) is 31.9 Å². The monoisotopic (exact) mass is 457 g/mol. The number of hydrogen-bond donors (Lipinski definition) is 1. The maximum Gasteiger partial charge on any atom is 0.256 e. The fraction of sp³-hybridized carbons (Fsp3) is 0.440. The van der Waals surface area contributed by atoms with Crippen molar-refractivity contribution in [3.05, 3.63) is 59.7 Å². The number of rotatable bonds is 6. The summed E-state index contributed by atoms with van der Waals surface area (Å²) >= 11 is 0. The third-order valence-corrected chi connectivity index (χ3v) is 6.63. The van der Waals surface area contributed by atoms with E-state index < -0.39 is 17.5 Å². The summed E-state index contributed by atoms with van der Waals surface area (Å²) in [6.45, 7) is 1.81. The Kier molecular flexibility index (Phi) is 7.23. The number of ether oxygens (including phenoxy) is 1. The lowest BCUT2D eigenvalue weighted by atomic mass is 9.94. The molecule has 0 radical (unpaired) electrons. The van der Waals surface area contributed by atoms with E-state index in [1.165, 1.54) is 6.07 Å². The topological polar surface area (TPSA) is 61.9 Å². The lowest BCUT2D eigenvalue weighted by molar-refractivity contribution is -0.123. The molecule has 2 aromatic rings. The largest absolute Gasteiger partial charge is 0.497 e. The van der Waals surface area contributed by atoms with Gasteiger partial charge < -0.3 is 15.0 Å². The first kappa shape index (κ1) is 23.2. The summed E-state index contributed by atoms with van der Waals surface area (Å²) < 4.78 is 32.4. The van der Waals surface area contributed by atoms with Crippen LogP contribution >= 0.6 is 0 Å². The smallest absolute Gasteiger partial charge is 0.256 e. The first-order valence-corrected chi connectivity index (χ1v) is 11.4. The number of anilines is 1. The van der Waals surface area contributed by atoms with Gasteiger partial charge in [-0.3, -0.25) is 14.5 Å². The Hall–Kier alpha value is -3.00. The molecule has 0 aromatic heterocycles. The summed E-state index contributed by atoms with van der Waals surface area (Å²) in [5.41, 5.74) is 0.582. The van der Waals surface area contributed by atoms with Crippen LogP contribution in [0.15, 0.2) is 42.5 Å². The molecule has 4 rings (SSSR count). The molecule has 6 nitrogen and oxygen atoms in total. The van der Waals surface area contributed by atoms with E-state index in [-0.39, 0.29) is 23.4 Å². The fourth-order valence-electron chi connectivity index (χ4n) is 4.88. The van der Waals surface area contributed by atoms with Gasteiger partial charge in [-0.15, -0.1) is 0 Å². The van der Waals surface area contributed by atoms with Gasteiger partial charge in [0.15, 0.2) is 0 Å². The van der Waals surface area contributed by atoms with Crippen molar-refractivity contribution in [2.75, 3.05) is 38.6 Å². The maximum atomic E-state index is 14.1. The van der Waals surface area contributed by atoms with Crippen LogP contribution in [0.4, 0.5) is 14.5 Å². The average molecular weight is 458 g/mol. The van der Waals surface area contributed by atoms with E-state index in [1.54, 1.807) is 24.1 Å². The van der Waals surface area contributed by atoms with Crippen molar-refractivity contribution >= 4 is 17.5 Å². The van der Waals surface area contributed by atoms with Gasteiger partial charge in [-0.1, -0.05) is 12.8 Å². The predicted octanol–water partition coefficient (Wildman–Crippen LogP) is 3.93. The van der Waals surface area contributed by atoms with Crippen LogP contribution in [-0.2, 0) is 4.79 Å². The summed E-state index contributed by atoms with van der Waals surface area (Å²) in [4.78, 5) is 29.8. The van der Waals surface area contributed by atoms with Crippen LogP contribution in [0.25, 0.3) is 0 Å². The maximum absolute atomic E-state index is 14.1. The van der Waals surface area contributed by atoms with Crippen molar-refractivity contribution in [1.82, 2.24) is 9.80 Å². The lowest BCUT2D eigenvalue weighted by Crippen LogP contribution is -2.57. The van der Waals surface area contributed by atoms with Gasteiger partial charge in [0.2, 0.25) is 5.91 Å². The number of nitrogens with one attached hydrogen (secondary N) is 1. The van der Waals surface area contributed by atoms with Gasteiger partial charge in [0.05, 0.1) is 18.7 Å². The van der Waals surface area contributed by atoms with Gasteiger partial charge >= 0.3 is 0 Å². The number of nitrogens with zero attached hydrogens (tertiary/aromatic N) is 2. The summed E-state index contributed by atoms with van der Waals surface area (Å²) in [6.07, 6.45) is 4.22. The molecule has 1 aliphatic heterocycles. The van der Waals surface area contributed by atoms with Gasteiger partial charge in [-0.25, -0.2) is 8.78 Å². The van der Waals surface area contributed by atoms with Crippen LogP contribution in [0.5, 0.6) is 5.75 Å². The number of amides is 2. The molecule has 2 aromatic carbocycles. The minimum atomic E-state index is -0.856. The van der Waals surface area contributed by atoms with Gasteiger partial charge in [-0.2, -0.15) is 0 Å². The molecule has 2 aliphatic rings. The van der Waals surface area contributed by atoms with Crippen LogP contribution in [-0.4, -0.2) is 60.9 Å². The van der Waals surface area contributed by atoms with Crippen LogP contribution in [0.2, 0.25) is 0 Å². The van der Waals surface area contributed by atoms with Crippen molar-refractivity contribution in [3.63, 3.8) is 0 Å². The molecule has 1 unspecified atom stereocenters. The standard InChI is InChI=1S/C25H29F2N3O3/c1-33-20-9-7-19(8-10-20)28-24(31)23(17-4-2-3-5-17)29-12-14-30(15-13-29)25(32)21-11-6-18(26)16-22(21)27/h6-11,16-17,23H,2-5,12-15H2,1H3,(H,28,31). The SMILES string of the molecule is COc1ccc(NC(=O)C(C2CCCC2)N2CCN(C(=O)c3ccc(F)cc3F)CC2)cc1. The second-order valence-corrected chi connectivity index (χ2v) is 8.66. The average Bonchev–Trinajstić information content (AvgIpc) is 3.34. The first-order chi connectivity index (χ1) is 16.0. The second kappa shape index (κ2) is 10.3. The summed E-state index contributed by atoms with van der Waals surface area (Å²) in [7, 11) is 1.60. The zero-order chi connectivity index (χ0) is 23.4. The number of hydrogen-bond acceptors (Lipinski definition) is 4. The highest BCUT2D eigenvalue weighted by Gasteiger charge is 2.37. The van der Waals surface area contributed by atoms with E-state index in [0.717, 1.165) is 43.6 Å². The highest BCUT2D eigenvalue weighted by atomic mass is 19.1. The minimum Gasteiger partial charge on any atom is -0.497 e. The zero-order valence-electron chi connectivity index (χ0n) is 18.7. The Balaban J connectivity index is 1.43. The van der Waals surface area contributed by atoms with Crippen LogP contribution < -0.4 is 10.1 Å². The van der Waals surface area contributed by atoms with Crippen LogP contribution in [0.1, 0.15) is 36.0 Å². The molecule has 1 atom stereocenters. The van der Waals surface area contributed by atoms with E-state index in [2.05, 4.69) is 10.2 Å². The van der Waals surface area contributed by atoms with Gasteiger partial charge in [-0.05, 0) is 55.2 Å². The van der Waals surface area contributed by atoms with Gasteiger partial charge in [0.25, 0.3) is 5.91 Å². The van der Waals surface area contributed by atoms with E-state index in [1.807, 2.05) is 12.1 Å². The molecule has 1 aliphatic carbocycles. The number of carbonyl (C=O) groups excluding carboxylic acids is 2. The number of methoxy groups -OCH3 is 1. The molecule has 0 bridgehead atoms.